The smallest absolute Gasteiger partial charge is 0.409 e. The highest BCUT2D eigenvalue weighted by Crippen LogP contribution is 2.38. The van der Waals surface area contributed by atoms with Gasteiger partial charge in [-0.25, -0.2) is 4.79 Å². The number of hydrogen-bond donors (Lipinski definition) is 2. The largest absolute Gasteiger partial charge is 0.450 e. The SMILES string of the molecule is CCOC(=O)N1CC[C@H](NCc2cc(C3CC3)n[nH]2)C1. The zero-order chi connectivity index (χ0) is 13.9. The summed E-state index contributed by atoms with van der Waals surface area (Å²) in [6.45, 7) is 4.54. The number of carbonyl (C=O) groups is 1. The molecular formula is C14H22N4O2. The molecule has 1 atom stereocenters. The van der Waals surface area contributed by atoms with Crippen LogP contribution in [0.5, 0.6) is 0 Å². The number of H-pyrrole nitrogens is 1. The molecule has 0 bridgehead atoms. The summed E-state index contributed by atoms with van der Waals surface area (Å²) in [6.07, 6.45) is 3.32. The number of aromatic nitrogens is 2. The van der Waals surface area contributed by atoms with E-state index in [1.807, 2.05) is 6.92 Å². The van der Waals surface area contributed by atoms with Crippen molar-refractivity contribution >= 4 is 6.09 Å². The van der Waals surface area contributed by atoms with Crippen LogP contribution in [0.2, 0.25) is 0 Å². The summed E-state index contributed by atoms with van der Waals surface area (Å²) in [7, 11) is 0. The Kier molecular flexibility index (Phi) is 3.91. The lowest BCUT2D eigenvalue weighted by Crippen LogP contribution is -2.35. The predicted octanol–water partition coefficient (Wildman–Crippen LogP) is 1.61. The molecule has 0 spiro atoms. The molecule has 1 amide bonds. The van der Waals surface area contributed by atoms with Crippen molar-refractivity contribution in [1.29, 1.82) is 0 Å². The Morgan fingerprint density at radius 2 is 2.40 bits per heavy atom. The minimum absolute atomic E-state index is 0.200. The zero-order valence-corrected chi connectivity index (χ0v) is 11.9. The summed E-state index contributed by atoms with van der Waals surface area (Å²) in [5.41, 5.74) is 2.32. The first-order valence-corrected chi connectivity index (χ1v) is 7.45. The van der Waals surface area contributed by atoms with Crippen molar-refractivity contribution in [3.05, 3.63) is 17.5 Å². The normalized spacial score (nSPS) is 22.2. The highest BCUT2D eigenvalue weighted by molar-refractivity contribution is 5.68. The topological polar surface area (TPSA) is 70.2 Å². The number of hydrogen-bond acceptors (Lipinski definition) is 4. The van der Waals surface area contributed by atoms with E-state index >= 15 is 0 Å². The second kappa shape index (κ2) is 5.83. The lowest BCUT2D eigenvalue weighted by atomic mass is 10.2. The van der Waals surface area contributed by atoms with Crippen LogP contribution in [0.1, 0.15) is 43.5 Å². The van der Waals surface area contributed by atoms with Gasteiger partial charge in [-0.15, -0.1) is 0 Å². The number of amides is 1. The number of ether oxygens (including phenoxy) is 1. The van der Waals surface area contributed by atoms with Crippen LogP contribution in [0.3, 0.4) is 0 Å². The minimum Gasteiger partial charge on any atom is -0.450 e. The minimum atomic E-state index is -0.200. The summed E-state index contributed by atoms with van der Waals surface area (Å²) < 4.78 is 5.02. The summed E-state index contributed by atoms with van der Waals surface area (Å²) in [6, 6.07) is 2.50. The first-order chi connectivity index (χ1) is 9.76. The number of aromatic amines is 1. The van der Waals surface area contributed by atoms with E-state index in [1.54, 1.807) is 4.90 Å². The van der Waals surface area contributed by atoms with Crippen molar-refractivity contribution in [2.75, 3.05) is 19.7 Å². The molecule has 1 aromatic heterocycles. The van der Waals surface area contributed by atoms with Crippen LogP contribution in [0.4, 0.5) is 4.79 Å². The molecule has 6 nitrogen and oxygen atoms in total. The Morgan fingerprint density at radius 3 is 3.15 bits per heavy atom. The van der Waals surface area contributed by atoms with Gasteiger partial charge in [-0.05, 0) is 32.3 Å². The van der Waals surface area contributed by atoms with Crippen molar-refractivity contribution in [2.24, 2.45) is 0 Å². The third kappa shape index (κ3) is 3.12. The number of carbonyl (C=O) groups excluding carboxylic acids is 1. The molecule has 1 aliphatic carbocycles. The highest BCUT2D eigenvalue weighted by atomic mass is 16.6. The molecule has 110 valence electrons. The third-order valence-electron chi connectivity index (χ3n) is 3.94. The van der Waals surface area contributed by atoms with Crippen LogP contribution >= 0.6 is 0 Å². The summed E-state index contributed by atoms with van der Waals surface area (Å²) >= 11 is 0. The number of nitrogens with one attached hydrogen (secondary N) is 2. The molecule has 3 rings (SSSR count). The standard InChI is InChI=1S/C14H22N4O2/c1-2-20-14(19)18-6-5-11(9-18)15-8-12-7-13(17-16-12)10-3-4-10/h7,10-11,15H,2-6,8-9H2,1H3,(H,16,17)/t11-/m0/s1. The second-order valence-electron chi connectivity index (χ2n) is 5.60. The fourth-order valence-corrected chi connectivity index (χ4v) is 2.62. The van der Waals surface area contributed by atoms with Crippen LogP contribution in [0.15, 0.2) is 6.07 Å². The van der Waals surface area contributed by atoms with Gasteiger partial charge in [0.05, 0.1) is 12.3 Å². The summed E-state index contributed by atoms with van der Waals surface area (Å²) in [4.78, 5) is 13.4. The monoisotopic (exact) mass is 278 g/mol. The van der Waals surface area contributed by atoms with Gasteiger partial charge >= 0.3 is 6.09 Å². The van der Waals surface area contributed by atoms with Gasteiger partial charge < -0.3 is 15.0 Å². The second-order valence-corrected chi connectivity index (χ2v) is 5.60. The van der Waals surface area contributed by atoms with Gasteiger partial charge in [0.1, 0.15) is 0 Å². The van der Waals surface area contributed by atoms with Crippen LogP contribution in [0, 0.1) is 0 Å². The summed E-state index contributed by atoms with van der Waals surface area (Å²) in [5.74, 6) is 0.686. The molecule has 20 heavy (non-hydrogen) atoms. The average molecular weight is 278 g/mol. The first kappa shape index (κ1) is 13.4. The van der Waals surface area contributed by atoms with E-state index in [4.69, 9.17) is 4.74 Å². The molecule has 1 aromatic rings. The molecule has 0 aromatic carbocycles. The van der Waals surface area contributed by atoms with Crippen LogP contribution in [-0.4, -0.2) is 46.9 Å². The summed E-state index contributed by atoms with van der Waals surface area (Å²) in [5, 5.41) is 10.9. The van der Waals surface area contributed by atoms with Gasteiger partial charge in [0.2, 0.25) is 0 Å². The molecule has 0 radical (unpaired) electrons. The van der Waals surface area contributed by atoms with E-state index in [0.29, 0.717) is 18.6 Å². The van der Waals surface area contributed by atoms with Gasteiger partial charge in [-0.1, -0.05) is 0 Å². The van der Waals surface area contributed by atoms with E-state index in [9.17, 15) is 4.79 Å². The maximum Gasteiger partial charge on any atom is 0.409 e. The molecule has 2 fully saturated rings. The Hall–Kier alpha value is -1.56. The van der Waals surface area contributed by atoms with Crippen molar-refractivity contribution in [3.8, 4) is 0 Å². The van der Waals surface area contributed by atoms with E-state index in [2.05, 4.69) is 21.6 Å². The Bertz CT molecular complexity index is 469. The Balaban J connectivity index is 1.43. The molecule has 6 heteroatoms. The first-order valence-electron chi connectivity index (χ1n) is 7.45. The van der Waals surface area contributed by atoms with E-state index < -0.39 is 0 Å². The van der Waals surface area contributed by atoms with E-state index in [0.717, 1.165) is 31.7 Å². The number of rotatable bonds is 5. The Morgan fingerprint density at radius 1 is 1.55 bits per heavy atom. The number of likely N-dealkylation sites (tertiary alicyclic amines) is 1. The molecule has 2 N–H and O–H groups in total. The fraction of sp³-hybridized carbons (Fsp3) is 0.714. The zero-order valence-electron chi connectivity index (χ0n) is 11.9. The van der Waals surface area contributed by atoms with Crippen LogP contribution < -0.4 is 5.32 Å². The quantitative estimate of drug-likeness (QED) is 0.858. The van der Waals surface area contributed by atoms with E-state index in [1.165, 1.54) is 18.5 Å². The van der Waals surface area contributed by atoms with Gasteiger partial charge in [0.15, 0.2) is 0 Å². The maximum atomic E-state index is 11.6. The average Bonchev–Trinajstić information content (AvgIpc) is 3.01. The van der Waals surface area contributed by atoms with Crippen LogP contribution in [0.25, 0.3) is 0 Å². The third-order valence-corrected chi connectivity index (χ3v) is 3.94. The molecule has 2 heterocycles. The van der Waals surface area contributed by atoms with Gasteiger partial charge in [0.25, 0.3) is 0 Å². The molecule has 1 saturated carbocycles. The molecule has 2 aliphatic rings. The van der Waals surface area contributed by atoms with Gasteiger partial charge in [0, 0.05) is 37.3 Å². The van der Waals surface area contributed by atoms with Crippen molar-refractivity contribution < 1.29 is 9.53 Å². The Labute approximate surface area is 118 Å². The molecule has 0 unspecified atom stereocenters. The predicted molar refractivity (Wildman–Crippen MR) is 74.4 cm³/mol. The molecule has 1 aliphatic heterocycles. The highest BCUT2D eigenvalue weighted by Gasteiger charge is 2.28. The lowest BCUT2D eigenvalue weighted by Gasteiger charge is -2.16. The lowest BCUT2D eigenvalue weighted by molar-refractivity contribution is 0.115. The molecule has 1 saturated heterocycles. The van der Waals surface area contributed by atoms with Crippen molar-refractivity contribution in [3.63, 3.8) is 0 Å². The van der Waals surface area contributed by atoms with Gasteiger partial charge in [-0.3, -0.25) is 5.10 Å². The van der Waals surface area contributed by atoms with E-state index in [-0.39, 0.29) is 6.09 Å². The number of nitrogens with zero attached hydrogens (tertiary/aromatic N) is 2. The van der Waals surface area contributed by atoms with Crippen molar-refractivity contribution in [2.45, 2.75) is 44.7 Å². The maximum absolute atomic E-state index is 11.6. The molecular weight excluding hydrogens is 256 g/mol. The van der Waals surface area contributed by atoms with Crippen molar-refractivity contribution in [1.82, 2.24) is 20.4 Å². The van der Waals surface area contributed by atoms with Crippen LogP contribution in [-0.2, 0) is 11.3 Å². The fourth-order valence-electron chi connectivity index (χ4n) is 2.62. The van der Waals surface area contributed by atoms with Gasteiger partial charge in [-0.2, -0.15) is 5.10 Å².